The summed E-state index contributed by atoms with van der Waals surface area (Å²) >= 11 is 3.44. The molecule has 0 heterocycles. The molecule has 1 atom stereocenters. The van der Waals surface area contributed by atoms with Crippen LogP contribution in [0.3, 0.4) is 0 Å². The van der Waals surface area contributed by atoms with Crippen molar-refractivity contribution >= 4 is 21.8 Å². The molecule has 17 heavy (non-hydrogen) atoms. The van der Waals surface area contributed by atoms with Gasteiger partial charge in [0, 0.05) is 24.0 Å². The first-order valence-corrected chi connectivity index (χ1v) is 6.41. The van der Waals surface area contributed by atoms with Crippen LogP contribution in [0.15, 0.2) is 18.2 Å². The summed E-state index contributed by atoms with van der Waals surface area (Å²) in [5.41, 5.74) is 1.68. The molecule has 3 nitrogen and oxygen atoms in total. The number of halogens is 1. The predicted octanol–water partition coefficient (Wildman–Crippen LogP) is 2.86. The van der Waals surface area contributed by atoms with Crippen molar-refractivity contribution in [3.05, 3.63) is 29.3 Å². The van der Waals surface area contributed by atoms with Crippen LogP contribution in [-0.4, -0.2) is 36.3 Å². The molecule has 0 bridgehead atoms. The van der Waals surface area contributed by atoms with Crippen LogP contribution >= 0.6 is 15.9 Å². The molecular formula is C13H18BrNO2. The standard InChI is InChI=1S/C13H18BrNO2/c1-9-5-6-11(7-12(9)17-4)13(16)15(3)8-10(2)14/h5-7,10H,8H2,1-4H3. The molecule has 0 radical (unpaired) electrons. The van der Waals surface area contributed by atoms with Crippen LogP contribution < -0.4 is 4.74 Å². The van der Waals surface area contributed by atoms with Crippen molar-refractivity contribution in [1.82, 2.24) is 4.90 Å². The van der Waals surface area contributed by atoms with Crippen LogP contribution in [0.2, 0.25) is 0 Å². The first kappa shape index (κ1) is 14.0. The third-order valence-electron chi connectivity index (χ3n) is 2.53. The smallest absolute Gasteiger partial charge is 0.253 e. The Kier molecular flexibility index (Phi) is 5.00. The van der Waals surface area contributed by atoms with Crippen molar-refractivity contribution in [2.45, 2.75) is 18.7 Å². The molecule has 0 N–H and O–H groups in total. The summed E-state index contributed by atoms with van der Waals surface area (Å²) < 4.78 is 5.22. The molecule has 94 valence electrons. The number of hydrogen-bond donors (Lipinski definition) is 0. The summed E-state index contributed by atoms with van der Waals surface area (Å²) in [5, 5.41) is 0. The van der Waals surface area contributed by atoms with Gasteiger partial charge >= 0.3 is 0 Å². The van der Waals surface area contributed by atoms with Gasteiger partial charge in [-0.15, -0.1) is 0 Å². The summed E-state index contributed by atoms with van der Waals surface area (Å²) in [6.07, 6.45) is 0. The molecule has 0 aliphatic carbocycles. The van der Waals surface area contributed by atoms with Gasteiger partial charge in [0.05, 0.1) is 7.11 Å². The van der Waals surface area contributed by atoms with Crippen molar-refractivity contribution in [2.75, 3.05) is 20.7 Å². The van der Waals surface area contributed by atoms with Gasteiger partial charge in [0.2, 0.25) is 0 Å². The molecule has 0 aliphatic rings. The summed E-state index contributed by atoms with van der Waals surface area (Å²) in [6, 6.07) is 5.51. The van der Waals surface area contributed by atoms with E-state index >= 15 is 0 Å². The van der Waals surface area contributed by atoms with Crippen molar-refractivity contribution in [1.29, 1.82) is 0 Å². The summed E-state index contributed by atoms with van der Waals surface area (Å²) in [7, 11) is 3.41. The van der Waals surface area contributed by atoms with Crippen LogP contribution in [-0.2, 0) is 0 Å². The zero-order chi connectivity index (χ0) is 13.0. The fourth-order valence-electron chi connectivity index (χ4n) is 1.63. The van der Waals surface area contributed by atoms with E-state index in [-0.39, 0.29) is 10.7 Å². The Morgan fingerprint density at radius 2 is 2.18 bits per heavy atom. The first-order valence-electron chi connectivity index (χ1n) is 5.50. The Hall–Kier alpha value is -1.03. The quantitative estimate of drug-likeness (QED) is 0.800. The molecular weight excluding hydrogens is 282 g/mol. The molecule has 0 fully saturated rings. The van der Waals surface area contributed by atoms with Crippen LogP contribution in [0, 0.1) is 6.92 Å². The largest absolute Gasteiger partial charge is 0.496 e. The number of hydrogen-bond acceptors (Lipinski definition) is 2. The highest BCUT2D eigenvalue weighted by Gasteiger charge is 2.14. The minimum Gasteiger partial charge on any atom is -0.496 e. The molecule has 1 rings (SSSR count). The molecule has 0 saturated carbocycles. The SMILES string of the molecule is COc1cc(C(=O)N(C)CC(C)Br)ccc1C. The van der Waals surface area contributed by atoms with Gasteiger partial charge in [0.15, 0.2) is 0 Å². The summed E-state index contributed by atoms with van der Waals surface area (Å²) in [5.74, 6) is 0.755. The second-order valence-electron chi connectivity index (χ2n) is 4.15. The number of alkyl halides is 1. The van der Waals surface area contributed by atoms with Gasteiger partial charge in [-0.25, -0.2) is 0 Å². The highest BCUT2D eigenvalue weighted by molar-refractivity contribution is 9.09. The lowest BCUT2D eigenvalue weighted by molar-refractivity contribution is 0.0797. The van der Waals surface area contributed by atoms with Crippen molar-refractivity contribution < 1.29 is 9.53 Å². The Balaban J connectivity index is 2.89. The number of carbonyl (C=O) groups is 1. The molecule has 0 spiro atoms. The summed E-state index contributed by atoms with van der Waals surface area (Å²) in [4.78, 5) is 14.1. The fourth-order valence-corrected chi connectivity index (χ4v) is 2.07. The highest BCUT2D eigenvalue weighted by Crippen LogP contribution is 2.20. The van der Waals surface area contributed by atoms with E-state index in [4.69, 9.17) is 4.74 Å². The second-order valence-corrected chi connectivity index (χ2v) is 5.71. The lowest BCUT2D eigenvalue weighted by Gasteiger charge is -2.19. The minimum absolute atomic E-state index is 0.00889. The predicted molar refractivity (Wildman–Crippen MR) is 73.1 cm³/mol. The van der Waals surface area contributed by atoms with E-state index in [1.54, 1.807) is 25.1 Å². The summed E-state index contributed by atoms with van der Waals surface area (Å²) in [6.45, 7) is 4.64. The highest BCUT2D eigenvalue weighted by atomic mass is 79.9. The molecule has 1 amide bonds. The third kappa shape index (κ3) is 3.73. The van der Waals surface area contributed by atoms with Gasteiger partial charge in [-0.05, 0) is 24.6 Å². The van der Waals surface area contributed by atoms with Gasteiger partial charge in [-0.2, -0.15) is 0 Å². The molecule has 0 aliphatic heterocycles. The Morgan fingerprint density at radius 1 is 1.53 bits per heavy atom. The molecule has 1 aromatic rings. The maximum Gasteiger partial charge on any atom is 0.253 e. The van der Waals surface area contributed by atoms with E-state index in [0.717, 1.165) is 11.3 Å². The maximum atomic E-state index is 12.1. The van der Waals surface area contributed by atoms with Crippen LogP contribution in [0.5, 0.6) is 5.75 Å². The molecule has 1 unspecified atom stereocenters. The Morgan fingerprint density at radius 3 is 2.71 bits per heavy atom. The zero-order valence-electron chi connectivity index (χ0n) is 10.7. The van der Waals surface area contributed by atoms with Crippen LogP contribution in [0.1, 0.15) is 22.8 Å². The average Bonchev–Trinajstić information content (AvgIpc) is 2.27. The molecule has 4 heteroatoms. The maximum absolute atomic E-state index is 12.1. The monoisotopic (exact) mass is 299 g/mol. The van der Waals surface area contributed by atoms with Crippen molar-refractivity contribution in [3.8, 4) is 5.75 Å². The Bertz CT molecular complexity index is 404. The van der Waals surface area contributed by atoms with Gasteiger partial charge in [-0.3, -0.25) is 4.79 Å². The molecule has 1 aromatic carbocycles. The Labute approximate surface area is 111 Å². The lowest BCUT2D eigenvalue weighted by atomic mass is 10.1. The molecule has 0 aromatic heterocycles. The van der Waals surface area contributed by atoms with E-state index in [1.165, 1.54) is 0 Å². The zero-order valence-corrected chi connectivity index (χ0v) is 12.2. The van der Waals surface area contributed by atoms with Crippen LogP contribution in [0.25, 0.3) is 0 Å². The number of carbonyl (C=O) groups excluding carboxylic acids is 1. The minimum atomic E-state index is 0.00889. The third-order valence-corrected chi connectivity index (χ3v) is 2.82. The van der Waals surface area contributed by atoms with Gasteiger partial charge in [0.25, 0.3) is 5.91 Å². The van der Waals surface area contributed by atoms with Gasteiger partial charge < -0.3 is 9.64 Å². The van der Waals surface area contributed by atoms with E-state index < -0.39 is 0 Å². The number of rotatable bonds is 4. The fraction of sp³-hybridized carbons (Fsp3) is 0.462. The van der Waals surface area contributed by atoms with E-state index in [9.17, 15) is 4.79 Å². The van der Waals surface area contributed by atoms with E-state index in [1.807, 2.05) is 26.0 Å². The topological polar surface area (TPSA) is 29.5 Å². The van der Waals surface area contributed by atoms with Crippen LogP contribution in [0.4, 0.5) is 0 Å². The second kappa shape index (κ2) is 6.05. The van der Waals surface area contributed by atoms with Gasteiger partial charge in [0.1, 0.15) is 5.75 Å². The van der Waals surface area contributed by atoms with E-state index in [0.29, 0.717) is 12.1 Å². The van der Waals surface area contributed by atoms with Gasteiger partial charge in [-0.1, -0.05) is 28.9 Å². The number of benzene rings is 1. The van der Waals surface area contributed by atoms with E-state index in [2.05, 4.69) is 15.9 Å². The lowest BCUT2D eigenvalue weighted by Crippen LogP contribution is -2.31. The number of nitrogens with zero attached hydrogens (tertiary/aromatic N) is 1. The van der Waals surface area contributed by atoms with Crippen molar-refractivity contribution in [3.63, 3.8) is 0 Å². The number of ether oxygens (including phenoxy) is 1. The average molecular weight is 300 g/mol. The number of methoxy groups -OCH3 is 1. The van der Waals surface area contributed by atoms with Crippen molar-refractivity contribution in [2.24, 2.45) is 0 Å². The number of amides is 1. The first-order chi connectivity index (χ1) is 7.95. The number of aryl methyl sites for hydroxylation is 1. The normalized spacial score (nSPS) is 12.1. The molecule has 0 saturated heterocycles.